The van der Waals surface area contributed by atoms with Crippen LogP contribution in [0.2, 0.25) is 0 Å². The Hall–Kier alpha value is -6.18. The normalized spacial score (nSPS) is 21.8. The van der Waals surface area contributed by atoms with Crippen molar-refractivity contribution in [3.05, 3.63) is 199 Å². The number of hydrogen-bond acceptors (Lipinski definition) is 1. The number of nitrogens with zero attached hydrogens (tertiary/aromatic N) is 1. The highest BCUT2D eigenvalue weighted by atomic mass is 15.1. The van der Waals surface area contributed by atoms with Gasteiger partial charge in [0, 0.05) is 22.5 Å². The summed E-state index contributed by atoms with van der Waals surface area (Å²) in [5.74, 6) is 2.78. The third-order valence-corrected chi connectivity index (χ3v) is 15.2. The molecule has 5 aliphatic rings. The van der Waals surface area contributed by atoms with Crippen LogP contribution in [0.25, 0.3) is 55.3 Å². The van der Waals surface area contributed by atoms with Gasteiger partial charge in [0.25, 0.3) is 0 Å². The smallest absolute Gasteiger partial charge is 0.0467 e. The third-order valence-electron chi connectivity index (χ3n) is 15.2. The lowest BCUT2D eigenvalue weighted by Crippen LogP contribution is -2.48. The Bertz CT molecular complexity index is 2880. The molecular formula is C59H51N. The molecule has 0 saturated heterocycles. The van der Waals surface area contributed by atoms with Crippen LogP contribution in [-0.2, 0) is 10.8 Å². The minimum Gasteiger partial charge on any atom is -0.310 e. The first-order chi connectivity index (χ1) is 29.4. The second-order valence-electron chi connectivity index (χ2n) is 19.2. The van der Waals surface area contributed by atoms with Gasteiger partial charge >= 0.3 is 0 Å². The Kier molecular flexibility index (Phi) is 8.15. The van der Waals surface area contributed by atoms with E-state index in [2.05, 4.69) is 201 Å². The van der Waals surface area contributed by atoms with Gasteiger partial charge in [-0.3, -0.25) is 0 Å². The van der Waals surface area contributed by atoms with Gasteiger partial charge in [-0.05, 0) is 170 Å². The number of rotatable bonds is 7. The lowest BCUT2D eigenvalue weighted by atomic mass is 9.48. The Morgan fingerprint density at radius 2 is 0.933 bits per heavy atom. The van der Waals surface area contributed by atoms with Crippen LogP contribution in [0.4, 0.5) is 17.1 Å². The van der Waals surface area contributed by atoms with Crippen LogP contribution in [0.15, 0.2) is 182 Å². The van der Waals surface area contributed by atoms with E-state index in [0.717, 1.165) is 23.4 Å². The van der Waals surface area contributed by atoms with E-state index >= 15 is 0 Å². The number of benzene rings is 8. The summed E-state index contributed by atoms with van der Waals surface area (Å²) in [5, 5.41) is 2.55. The summed E-state index contributed by atoms with van der Waals surface area (Å²) in [6.45, 7) is 4.74. The molecule has 1 nitrogen and oxygen atoms in total. The van der Waals surface area contributed by atoms with Gasteiger partial charge in [0.15, 0.2) is 0 Å². The first-order valence-corrected chi connectivity index (χ1v) is 22.3. The van der Waals surface area contributed by atoms with Gasteiger partial charge in [-0.15, -0.1) is 0 Å². The molecule has 1 heteroatoms. The van der Waals surface area contributed by atoms with E-state index in [1.165, 1.54) is 116 Å². The van der Waals surface area contributed by atoms with Crippen molar-refractivity contribution in [3.63, 3.8) is 0 Å². The predicted octanol–water partition coefficient (Wildman–Crippen LogP) is 16.1. The van der Waals surface area contributed by atoms with Crippen molar-refractivity contribution in [2.24, 2.45) is 17.8 Å². The van der Waals surface area contributed by atoms with Gasteiger partial charge in [0.1, 0.15) is 0 Å². The Morgan fingerprint density at radius 1 is 0.417 bits per heavy atom. The van der Waals surface area contributed by atoms with E-state index in [-0.39, 0.29) is 5.41 Å². The summed E-state index contributed by atoms with van der Waals surface area (Å²) in [6, 6.07) is 68.6. The van der Waals surface area contributed by atoms with Crippen molar-refractivity contribution in [1.82, 2.24) is 0 Å². The first-order valence-electron chi connectivity index (χ1n) is 22.3. The van der Waals surface area contributed by atoms with Crippen LogP contribution < -0.4 is 4.90 Å². The summed E-state index contributed by atoms with van der Waals surface area (Å²) in [7, 11) is 0. The van der Waals surface area contributed by atoms with Gasteiger partial charge in [-0.2, -0.15) is 0 Å². The largest absolute Gasteiger partial charge is 0.310 e. The van der Waals surface area contributed by atoms with Gasteiger partial charge in [0.05, 0.1) is 0 Å². The maximum atomic E-state index is 2.50. The highest BCUT2D eigenvalue weighted by Gasteiger charge is 2.51. The number of hydrogen-bond donors (Lipinski definition) is 0. The fourth-order valence-electron chi connectivity index (χ4n) is 12.9. The van der Waals surface area contributed by atoms with Gasteiger partial charge < -0.3 is 4.90 Å². The summed E-state index contributed by atoms with van der Waals surface area (Å²) in [6.07, 6.45) is 8.56. The molecule has 60 heavy (non-hydrogen) atoms. The van der Waals surface area contributed by atoms with E-state index in [0.29, 0.717) is 5.41 Å². The average Bonchev–Trinajstić information content (AvgIpc) is 3.52. The van der Waals surface area contributed by atoms with E-state index in [1.807, 2.05) is 0 Å². The zero-order valence-corrected chi connectivity index (χ0v) is 34.7. The zero-order valence-electron chi connectivity index (χ0n) is 34.7. The second-order valence-corrected chi connectivity index (χ2v) is 19.2. The van der Waals surface area contributed by atoms with Gasteiger partial charge in [0.2, 0.25) is 0 Å². The topological polar surface area (TPSA) is 3.24 Å². The van der Waals surface area contributed by atoms with E-state index < -0.39 is 0 Å². The van der Waals surface area contributed by atoms with Crippen LogP contribution in [0.1, 0.15) is 69.1 Å². The molecule has 8 aromatic rings. The van der Waals surface area contributed by atoms with Crippen LogP contribution in [0, 0.1) is 17.8 Å². The molecule has 0 unspecified atom stereocenters. The fourth-order valence-corrected chi connectivity index (χ4v) is 12.9. The van der Waals surface area contributed by atoms with E-state index in [1.54, 1.807) is 5.56 Å². The molecule has 0 spiro atoms. The van der Waals surface area contributed by atoms with Crippen LogP contribution in [-0.4, -0.2) is 0 Å². The van der Waals surface area contributed by atoms with Crippen LogP contribution >= 0.6 is 0 Å². The highest BCUT2D eigenvalue weighted by molar-refractivity contribution is 6.06. The SMILES string of the molecule is CC1(C)c2ccccc2-c2c(-c3cccc(N(c4ccc(-c5cccc6cccc(-c7ccccc7)c56)cc4)c4ccc(C56CC7CC(CC(C7)C5)C6)cc4)c3)cccc21. The molecule has 0 atom stereocenters. The molecule has 0 aromatic heterocycles. The summed E-state index contributed by atoms with van der Waals surface area (Å²) < 4.78 is 0. The summed E-state index contributed by atoms with van der Waals surface area (Å²) >= 11 is 0. The maximum Gasteiger partial charge on any atom is 0.0467 e. The standard InChI is InChI=1S/C59H51N/c1-58(2)54-22-7-6-18-53(54)57-52(21-11-23-55(57)58)45-16-8-17-49(35-45)60(48-30-26-46(27-31-48)59-36-39-32-40(37-59)34-41(33-39)38-59)47-28-24-43(25-29-47)51-20-10-15-44-14-9-19-50(56(44)51)42-12-4-3-5-13-42/h3-31,35,39-41H,32-34,36-38H2,1-2H3. The molecule has 0 N–H and O–H groups in total. The third kappa shape index (κ3) is 5.66. The fraction of sp³-hybridized carbons (Fsp3) is 0.220. The second kappa shape index (κ2) is 13.7. The highest BCUT2D eigenvalue weighted by Crippen LogP contribution is 2.61. The predicted molar refractivity (Wildman–Crippen MR) is 252 cm³/mol. The lowest BCUT2D eigenvalue weighted by Gasteiger charge is -2.57. The Morgan fingerprint density at radius 3 is 1.62 bits per heavy atom. The molecule has 0 aliphatic heterocycles. The Balaban J connectivity index is 0.975. The molecule has 13 rings (SSSR count). The van der Waals surface area contributed by atoms with Crippen LogP contribution in [0.3, 0.4) is 0 Å². The molecule has 0 radical (unpaired) electrons. The zero-order chi connectivity index (χ0) is 40.0. The minimum absolute atomic E-state index is 0.0439. The van der Waals surface area contributed by atoms with E-state index in [9.17, 15) is 0 Å². The average molecular weight is 774 g/mol. The van der Waals surface area contributed by atoms with Crippen molar-refractivity contribution >= 4 is 27.8 Å². The first kappa shape index (κ1) is 35.7. The molecule has 5 aliphatic carbocycles. The lowest BCUT2D eigenvalue weighted by molar-refractivity contribution is -0.00518. The molecule has 292 valence electrons. The monoisotopic (exact) mass is 773 g/mol. The van der Waals surface area contributed by atoms with Gasteiger partial charge in [-0.1, -0.05) is 159 Å². The van der Waals surface area contributed by atoms with Crippen molar-refractivity contribution in [2.75, 3.05) is 4.90 Å². The van der Waals surface area contributed by atoms with Crippen molar-refractivity contribution in [1.29, 1.82) is 0 Å². The summed E-state index contributed by atoms with van der Waals surface area (Å²) in [5.41, 5.74) is 18.5. The molecule has 4 saturated carbocycles. The number of fused-ring (bicyclic) bond motifs is 4. The van der Waals surface area contributed by atoms with Crippen molar-refractivity contribution in [3.8, 4) is 44.5 Å². The van der Waals surface area contributed by atoms with Crippen LogP contribution in [0.5, 0.6) is 0 Å². The molecule has 4 bridgehead atoms. The molecular weight excluding hydrogens is 723 g/mol. The quantitative estimate of drug-likeness (QED) is 0.156. The minimum atomic E-state index is -0.0439. The Labute approximate surface area is 355 Å². The molecule has 0 amide bonds. The molecule has 8 aromatic carbocycles. The van der Waals surface area contributed by atoms with Crippen molar-refractivity contribution < 1.29 is 0 Å². The van der Waals surface area contributed by atoms with Gasteiger partial charge in [-0.25, -0.2) is 0 Å². The molecule has 4 fully saturated rings. The summed E-state index contributed by atoms with van der Waals surface area (Å²) in [4.78, 5) is 2.48. The van der Waals surface area contributed by atoms with E-state index in [4.69, 9.17) is 0 Å². The number of anilines is 3. The maximum absolute atomic E-state index is 2.50. The molecule has 0 heterocycles. The van der Waals surface area contributed by atoms with Crippen molar-refractivity contribution in [2.45, 2.75) is 63.2 Å².